The molecule has 0 spiro atoms. The van der Waals surface area contributed by atoms with Crippen molar-refractivity contribution in [1.29, 1.82) is 0 Å². The van der Waals surface area contributed by atoms with Crippen molar-refractivity contribution in [3.63, 3.8) is 0 Å². The number of carbonyl (C=O) groups is 1. The lowest BCUT2D eigenvalue weighted by atomic mass is 9.82. The molecule has 17 heavy (non-hydrogen) atoms. The molecule has 1 aliphatic heterocycles. The van der Waals surface area contributed by atoms with Gasteiger partial charge in [-0.25, -0.2) is 4.68 Å². The Morgan fingerprint density at radius 1 is 1.47 bits per heavy atom. The van der Waals surface area contributed by atoms with Gasteiger partial charge in [0.15, 0.2) is 0 Å². The highest BCUT2D eigenvalue weighted by Crippen LogP contribution is 2.32. The van der Waals surface area contributed by atoms with Crippen LogP contribution in [0.1, 0.15) is 18.9 Å². The zero-order valence-electron chi connectivity index (χ0n) is 9.29. The van der Waals surface area contributed by atoms with E-state index >= 15 is 0 Å². The molecule has 1 aromatic carbocycles. The van der Waals surface area contributed by atoms with Gasteiger partial charge in [0, 0.05) is 0 Å². The summed E-state index contributed by atoms with van der Waals surface area (Å²) >= 11 is 0. The zero-order chi connectivity index (χ0) is 11.9. The molecule has 0 bridgehead atoms. The summed E-state index contributed by atoms with van der Waals surface area (Å²) in [5, 5.41) is 13.9. The number of hydrogen-bond donors (Lipinski definition) is 1. The molecule has 0 aliphatic carbocycles. The minimum absolute atomic E-state index is 0.0836. The van der Waals surface area contributed by atoms with Gasteiger partial charge < -0.3 is 5.32 Å². The van der Waals surface area contributed by atoms with Crippen molar-refractivity contribution in [1.82, 2.24) is 25.5 Å². The van der Waals surface area contributed by atoms with E-state index in [0.717, 1.165) is 11.3 Å². The van der Waals surface area contributed by atoms with E-state index in [1.807, 2.05) is 31.2 Å². The highest BCUT2D eigenvalue weighted by atomic mass is 16.2. The summed E-state index contributed by atoms with van der Waals surface area (Å²) in [7, 11) is 0. The van der Waals surface area contributed by atoms with Crippen molar-refractivity contribution in [3.8, 4) is 5.69 Å². The lowest BCUT2D eigenvalue weighted by molar-refractivity contribution is -0.132. The highest BCUT2D eigenvalue weighted by Gasteiger charge is 2.39. The van der Waals surface area contributed by atoms with E-state index in [-0.39, 0.29) is 11.4 Å². The van der Waals surface area contributed by atoms with Gasteiger partial charge in [0.1, 0.15) is 6.33 Å². The molecule has 1 N–H and O–H groups in total. The first-order valence-corrected chi connectivity index (χ1v) is 5.32. The Morgan fingerprint density at radius 2 is 2.29 bits per heavy atom. The van der Waals surface area contributed by atoms with Crippen molar-refractivity contribution >= 4 is 5.91 Å². The molecule has 3 rings (SSSR count). The first kappa shape index (κ1) is 9.95. The summed E-state index contributed by atoms with van der Waals surface area (Å²) < 4.78 is 1.59. The van der Waals surface area contributed by atoms with E-state index in [2.05, 4.69) is 20.8 Å². The van der Waals surface area contributed by atoms with Crippen LogP contribution in [0.3, 0.4) is 0 Å². The first-order valence-electron chi connectivity index (χ1n) is 5.32. The Kier molecular flexibility index (Phi) is 1.98. The van der Waals surface area contributed by atoms with Crippen molar-refractivity contribution in [2.45, 2.75) is 18.9 Å². The van der Waals surface area contributed by atoms with Crippen LogP contribution in [0, 0.1) is 0 Å². The maximum absolute atomic E-state index is 11.1. The molecule has 1 fully saturated rings. The van der Waals surface area contributed by atoms with Gasteiger partial charge in [0.05, 0.1) is 17.6 Å². The van der Waals surface area contributed by atoms with Crippen molar-refractivity contribution in [2.24, 2.45) is 0 Å². The smallest absolute Gasteiger partial charge is 0.223 e. The van der Waals surface area contributed by atoms with Crippen molar-refractivity contribution in [2.75, 3.05) is 0 Å². The van der Waals surface area contributed by atoms with Crippen molar-refractivity contribution in [3.05, 3.63) is 36.2 Å². The normalized spacial score (nSPS) is 23.0. The third-order valence-corrected chi connectivity index (χ3v) is 3.03. The van der Waals surface area contributed by atoms with Crippen LogP contribution in [0.2, 0.25) is 0 Å². The fourth-order valence-corrected chi connectivity index (χ4v) is 2.06. The van der Waals surface area contributed by atoms with Gasteiger partial charge in [-0.3, -0.25) is 4.79 Å². The molecule has 0 saturated carbocycles. The SMILES string of the molecule is CC1(c2cccc(-n3cnnn3)c2)CC(=O)N1. The topological polar surface area (TPSA) is 72.7 Å². The summed E-state index contributed by atoms with van der Waals surface area (Å²) in [6.45, 7) is 2.01. The summed E-state index contributed by atoms with van der Waals surface area (Å²) in [5.41, 5.74) is 1.68. The number of benzene rings is 1. The number of nitrogens with one attached hydrogen (secondary N) is 1. The molecule has 6 heteroatoms. The van der Waals surface area contributed by atoms with E-state index in [9.17, 15) is 4.79 Å². The Hall–Kier alpha value is -2.24. The third kappa shape index (κ3) is 1.57. The Morgan fingerprint density at radius 3 is 2.94 bits per heavy atom. The van der Waals surface area contributed by atoms with E-state index in [1.165, 1.54) is 0 Å². The van der Waals surface area contributed by atoms with Crippen LogP contribution in [0.15, 0.2) is 30.6 Å². The number of tetrazole rings is 1. The summed E-state index contributed by atoms with van der Waals surface area (Å²) in [4.78, 5) is 11.1. The van der Waals surface area contributed by atoms with Crippen LogP contribution in [0.5, 0.6) is 0 Å². The fourth-order valence-electron chi connectivity index (χ4n) is 2.06. The summed E-state index contributed by atoms with van der Waals surface area (Å²) in [6.07, 6.45) is 2.06. The standard InChI is InChI=1S/C11H11N5O/c1-11(6-10(17)13-11)8-3-2-4-9(5-8)16-7-12-14-15-16/h2-5,7H,6H2,1H3,(H,13,17). The van der Waals surface area contributed by atoms with E-state index < -0.39 is 0 Å². The zero-order valence-corrected chi connectivity index (χ0v) is 9.29. The summed E-state index contributed by atoms with van der Waals surface area (Å²) in [5.74, 6) is 0.0836. The van der Waals surface area contributed by atoms with Gasteiger partial charge in [0.25, 0.3) is 0 Å². The van der Waals surface area contributed by atoms with Gasteiger partial charge in [-0.05, 0) is 35.0 Å². The monoisotopic (exact) mass is 229 g/mol. The maximum Gasteiger partial charge on any atom is 0.223 e. The van der Waals surface area contributed by atoms with Gasteiger partial charge in [-0.2, -0.15) is 0 Å². The van der Waals surface area contributed by atoms with E-state index in [1.54, 1.807) is 11.0 Å². The molecule has 1 aromatic heterocycles. The van der Waals surface area contributed by atoms with Crippen LogP contribution < -0.4 is 5.32 Å². The number of nitrogens with zero attached hydrogens (tertiary/aromatic N) is 4. The average molecular weight is 229 g/mol. The highest BCUT2D eigenvalue weighted by molar-refractivity contribution is 5.85. The molecule has 2 heterocycles. The van der Waals surface area contributed by atoms with E-state index in [4.69, 9.17) is 0 Å². The molecule has 1 unspecified atom stereocenters. The number of hydrogen-bond acceptors (Lipinski definition) is 4. The lowest BCUT2D eigenvalue weighted by Crippen LogP contribution is -2.56. The quantitative estimate of drug-likeness (QED) is 0.756. The number of carbonyl (C=O) groups excluding carboxylic acids is 1. The molecular weight excluding hydrogens is 218 g/mol. The second-order valence-corrected chi connectivity index (χ2v) is 4.36. The van der Waals surface area contributed by atoms with E-state index in [0.29, 0.717) is 6.42 Å². The third-order valence-electron chi connectivity index (χ3n) is 3.03. The Labute approximate surface area is 97.6 Å². The summed E-state index contributed by atoms with van der Waals surface area (Å²) in [6, 6.07) is 7.83. The number of aromatic nitrogens is 4. The predicted molar refractivity (Wildman–Crippen MR) is 59.3 cm³/mol. The molecule has 6 nitrogen and oxygen atoms in total. The van der Waals surface area contributed by atoms with Gasteiger partial charge in [-0.15, -0.1) is 5.10 Å². The lowest BCUT2D eigenvalue weighted by Gasteiger charge is -2.39. The van der Waals surface area contributed by atoms with Gasteiger partial charge in [0.2, 0.25) is 5.91 Å². The molecule has 1 atom stereocenters. The Bertz CT molecular complexity index is 555. The van der Waals surface area contributed by atoms with Crippen LogP contribution >= 0.6 is 0 Å². The van der Waals surface area contributed by atoms with Crippen LogP contribution in [0.4, 0.5) is 0 Å². The largest absolute Gasteiger partial charge is 0.346 e. The molecule has 1 aliphatic rings. The Balaban J connectivity index is 1.98. The van der Waals surface area contributed by atoms with Crippen LogP contribution in [0.25, 0.3) is 5.69 Å². The van der Waals surface area contributed by atoms with Crippen molar-refractivity contribution < 1.29 is 4.79 Å². The molecule has 0 radical (unpaired) electrons. The number of β-lactam (4-membered cyclic amide) rings is 1. The van der Waals surface area contributed by atoms with Crippen LogP contribution in [-0.4, -0.2) is 26.1 Å². The minimum atomic E-state index is -0.263. The number of rotatable bonds is 2. The second kappa shape index (κ2) is 3.38. The van der Waals surface area contributed by atoms with Gasteiger partial charge in [-0.1, -0.05) is 12.1 Å². The molecule has 1 amide bonds. The molecular formula is C11H11N5O. The first-order chi connectivity index (χ1) is 8.17. The predicted octanol–water partition coefficient (Wildman–Crippen LogP) is 0.397. The maximum atomic E-state index is 11.1. The number of amides is 1. The second-order valence-electron chi connectivity index (χ2n) is 4.36. The molecule has 86 valence electrons. The molecule has 1 saturated heterocycles. The average Bonchev–Trinajstić information content (AvgIpc) is 2.81. The minimum Gasteiger partial charge on any atom is -0.346 e. The molecule has 2 aromatic rings. The fraction of sp³-hybridized carbons (Fsp3) is 0.273. The van der Waals surface area contributed by atoms with Crippen LogP contribution in [-0.2, 0) is 10.3 Å². The van der Waals surface area contributed by atoms with Gasteiger partial charge >= 0.3 is 0 Å².